The van der Waals surface area contributed by atoms with Crippen LogP contribution in [0.1, 0.15) is 16.6 Å². The average molecular weight is 240 g/mol. The minimum absolute atomic E-state index is 0.0841. The standard InChI is InChI=1S/C11H16N2O2S/c1-8-7-12-4-5-13(8)11(14)10-9(15-2)3-6-16-10/h3,6,8,12H,4-5,7H2,1-2H3/t8-/m0/s1. The second-order valence-electron chi connectivity index (χ2n) is 3.87. The van der Waals surface area contributed by atoms with Crippen molar-refractivity contribution in [2.75, 3.05) is 26.7 Å². The van der Waals surface area contributed by atoms with E-state index in [1.54, 1.807) is 7.11 Å². The van der Waals surface area contributed by atoms with Crippen molar-refractivity contribution in [3.05, 3.63) is 16.3 Å². The molecule has 4 nitrogen and oxygen atoms in total. The predicted molar refractivity (Wildman–Crippen MR) is 64.2 cm³/mol. The van der Waals surface area contributed by atoms with E-state index in [9.17, 15) is 4.79 Å². The summed E-state index contributed by atoms with van der Waals surface area (Å²) in [4.78, 5) is 14.9. The van der Waals surface area contributed by atoms with Gasteiger partial charge >= 0.3 is 0 Å². The van der Waals surface area contributed by atoms with E-state index in [2.05, 4.69) is 12.2 Å². The van der Waals surface area contributed by atoms with Crippen LogP contribution in [0, 0.1) is 0 Å². The number of piperazine rings is 1. The fraction of sp³-hybridized carbons (Fsp3) is 0.545. The number of amides is 1. The van der Waals surface area contributed by atoms with Crippen molar-refractivity contribution in [2.24, 2.45) is 0 Å². The van der Waals surface area contributed by atoms with Gasteiger partial charge in [-0.05, 0) is 18.4 Å². The van der Waals surface area contributed by atoms with Crippen molar-refractivity contribution in [1.82, 2.24) is 10.2 Å². The first-order valence-electron chi connectivity index (χ1n) is 5.37. The monoisotopic (exact) mass is 240 g/mol. The van der Waals surface area contributed by atoms with Gasteiger partial charge in [0.25, 0.3) is 5.91 Å². The Balaban J connectivity index is 2.17. The largest absolute Gasteiger partial charge is 0.495 e. The van der Waals surface area contributed by atoms with Crippen LogP contribution >= 0.6 is 11.3 Å². The summed E-state index contributed by atoms with van der Waals surface area (Å²) in [6, 6.07) is 2.08. The van der Waals surface area contributed by atoms with E-state index in [1.165, 1.54) is 11.3 Å². The van der Waals surface area contributed by atoms with E-state index in [4.69, 9.17) is 4.74 Å². The third-order valence-corrected chi connectivity index (χ3v) is 3.69. The van der Waals surface area contributed by atoms with Crippen LogP contribution < -0.4 is 10.1 Å². The van der Waals surface area contributed by atoms with Gasteiger partial charge in [-0.15, -0.1) is 11.3 Å². The number of carbonyl (C=O) groups is 1. The highest BCUT2D eigenvalue weighted by Crippen LogP contribution is 2.26. The maximum absolute atomic E-state index is 12.3. The second kappa shape index (κ2) is 4.84. The van der Waals surface area contributed by atoms with Crippen LogP contribution in [0.25, 0.3) is 0 Å². The lowest BCUT2D eigenvalue weighted by atomic mass is 10.2. The van der Waals surface area contributed by atoms with Crippen LogP contribution in [0.5, 0.6) is 5.75 Å². The molecule has 1 saturated heterocycles. The molecule has 5 heteroatoms. The maximum Gasteiger partial charge on any atom is 0.268 e. The minimum Gasteiger partial charge on any atom is -0.495 e. The molecule has 2 heterocycles. The molecule has 1 aromatic rings. The number of methoxy groups -OCH3 is 1. The van der Waals surface area contributed by atoms with Gasteiger partial charge in [0, 0.05) is 25.7 Å². The molecule has 0 aliphatic carbocycles. The molecular formula is C11H16N2O2S. The normalized spacial score (nSPS) is 20.9. The van der Waals surface area contributed by atoms with Gasteiger partial charge in [0.15, 0.2) is 0 Å². The van der Waals surface area contributed by atoms with Crippen molar-refractivity contribution in [3.63, 3.8) is 0 Å². The molecule has 0 aromatic carbocycles. The van der Waals surface area contributed by atoms with E-state index in [1.807, 2.05) is 16.3 Å². The van der Waals surface area contributed by atoms with Gasteiger partial charge in [0.1, 0.15) is 10.6 Å². The van der Waals surface area contributed by atoms with Gasteiger partial charge < -0.3 is 15.0 Å². The molecule has 1 fully saturated rings. The van der Waals surface area contributed by atoms with Crippen LogP contribution in [0.4, 0.5) is 0 Å². The molecule has 0 saturated carbocycles. The molecule has 1 N–H and O–H groups in total. The summed E-state index contributed by atoms with van der Waals surface area (Å²) in [7, 11) is 1.60. The predicted octanol–water partition coefficient (Wildman–Crippen LogP) is 1.19. The van der Waals surface area contributed by atoms with E-state index < -0.39 is 0 Å². The van der Waals surface area contributed by atoms with Crippen LogP contribution in [-0.2, 0) is 0 Å². The number of nitrogens with zero attached hydrogens (tertiary/aromatic N) is 1. The number of carbonyl (C=O) groups excluding carboxylic acids is 1. The molecule has 0 unspecified atom stereocenters. The molecule has 16 heavy (non-hydrogen) atoms. The molecule has 1 amide bonds. The molecular weight excluding hydrogens is 224 g/mol. The lowest BCUT2D eigenvalue weighted by molar-refractivity contribution is 0.0658. The first kappa shape index (κ1) is 11.4. The Hall–Kier alpha value is -1.07. The van der Waals surface area contributed by atoms with Gasteiger partial charge in [0.2, 0.25) is 0 Å². The highest BCUT2D eigenvalue weighted by molar-refractivity contribution is 7.12. The van der Waals surface area contributed by atoms with Crippen molar-refractivity contribution < 1.29 is 9.53 Å². The fourth-order valence-electron chi connectivity index (χ4n) is 1.89. The summed E-state index contributed by atoms with van der Waals surface area (Å²) < 4.78 is 5.18. The minimum atomic E-state index is 0.0841. The SMILES string of the molecule is COc1ccsc1C(=O)N1CCNC[C@@H]1C. The third kappa shape index (κ3) is 2.05. The van der Waals surface area contributed by atoms with Crippen LogP contribution in [0.3, 0.4) is 0 Å². The zero-order chi connectivity index (χ0) is 11.5. The smallest absolute Gasteiger partial charge is 0.268 e. The molecule has 1 aliphatic heterocycles. The van der Waals surface area contributed by atoms with Crippen LogP contribution in [-0.4, -0.2) is 43.6 Å². The van der Waals surface area contributed by atoms with Gasteiger partial charge in [-0.2, -0.15) is 0 Å². The molecule has 1 aromatic heterocycles. The first-order valence-corrected chi connectivity index (χ1v) is 6.25. The summed E-state index contributed by atoms with van der Waals surface area (Å²) in [5.74, 6) is 0.765. The summed E-state index contributed by atoms with van der Waals surface area (Å²) >= 11 is 1.44. The number of hydrogen-bond donors (Lipinski definition) is 1. The lowest BCUT2D eigenvalue weighted by Crippen LogP contribution is -2.52. The Morgan fingerprint density at radius 3 is 3.19 bits per heavy atom. The Morgan fingerprint density at radius 1 is 1.69 bits per heavy atom. The molecule has 88 valence electrons. The Bertz CT molecular complexity index is 378. The summed E-state index contributed by atoms with van der Waals surface area (Å²) in [5, 5.41) is 5.16. The molecule has 1 atom stereocenters. The van der Waals surface area contributed by atoms with E-state index in [0.29, 0.717) is 10.6 Å². The zero-order valence-electron chi connectivity index (χ0n) is 9.53. The fourth-order valence-corrected chi connectivity index (χ4v) is 2.70. The molecule has 0 bridgehead atoms. The topological polar surface area (TPSA) is 41.6 Å². The quantitative estimate of drug-likeness (QED) is 0.844. The zero-order valence-corrected chi connectivity index (χ0v) is 10.3. The van der Waals surface area contributed by atoms with Crippen molar-refractivity contribution in [1.29, 1.82) is 0 Å². The van der Waals surface area contributed by atoms with Crippen LogP contribution in [0.15, 0.2) is 11.4 Å². The van der Waals surface area contributed by atoms with Gasteiger partial charge in [0.05, 0.1) is 7.11 Å². The van der Waals surface area contributed by atoms with Crippen LogP contribution in [0.2, 0.25) is 0 Å². The van der Waals surface area contributed by atoms with Gasteiger partial charge in [-0.3, -0.25) is 4.79 Å². The maximum atomic E-state index is 12.3. The number of hydrogen-bond acceptors (Lipinski definition) is 4. The molecule has 1 aliphatic rings. The number of nitrogens with one attached hydrogen (secondary N) is 1. The average Bonchev–Trinajstić information content (AvgIpc) is 2.77. The number of thiophene rings is 1. The Kier molecular flexibility index (Phi) is 3.46. The molecule has 0 spiro atoms. The Labute approximate surface area is 99.2 Å². The van der Waals surface area contributed by atoms with Crippen molar-refractivity contribution in [3.8, 4) is 5.75 Å². The first-order chi connectivity index (χ1) is 7.74. The summed E-state index contributed by atoms with van der Waals surface area (Å²) in [6.45, 7) is 4.55. The molecule has 2 rings (SSSR count). The summed E-state index contributed by atoms with van der Waals surface area (Å²) in [5.41, 5.74) is 0. The summed E-state index contributed by atoms with van der Waals surface area (Å²) in [6.07, 6.45) is 0. The second-order valence-corrected chi connectivity index (χ2v) is 4.79. The van der Waals surface area contributed by atoms with Crippen molar-refractivity contribution in [2.45, 2.75) is 13.0 Å². The van der Waals surface area contributed by atoms with Gasteiger partial charge in [-0.25, -0.2) is 0 Å². The Morgan fingerprint density at radius 2 is 2.50 bits per heavy atom. The lowest BCUT2D eigenvalue weighted by Gasteiger charge is -2.33. The van der Waals surface area contributed by atoms with Gasteiger partial charge in [-0.1, -0.05) is 0 Å². The molecule has 0 radical (unpaired) electrons. The third-order valence-electron chi connectivity index (χ3n) is 2.81. The number of ether oxygens (including phenoxy) is 1. The van der Waals surface area contributed by atoms with Crippen molar-refractivity contribution >= 4 is 17.2 Å². The van der Waals surface area contributed by atoms with E-state index in [0.717, 1.165) is 19.6 Å². The highest BCUT2D eigenvalue weighted by atomic mass is 32.1. The number of rotatable bonds is 2. The highest BCUT2D eigenvalue weighted by Gasteiger charge is 2.26. The van der Waals surface area contributed by atoms with E-state index in [-0.39, 0.29) is 11.9 Å². The van der Waals surface area contributed by atoms with E-state index >= 15 is 0 Å².